The Balaban J connectivity index is 3.06. The molecule has 1 unspecified atom stereocenters. The van der Waals surface area contributed by atoms with Crippen molar-refractivity contribution < 1.29 is 8.42 Å². The molecular weight excluding hydrogens is 304 g/mol. The summed E-state index contributed by atoms with van der Waals surface area (Å²) in [6, 6.07) is 4.40. The molecule has 0 bridgehead atoms. The van der Waals surface area contributed by atoms with E-state index < -0.39 is 10.0 Å². The van der Waals surface area contributed by atoms with Gasteiger partial charge in [-0.1, -0.05) is 11.6 Å². The van der Waals surface area contributed by atoms with Gasteiger partial charge in [0.2, 0.25) is 10.0 Å². The van der Waals surface area contributed by atoms with Crippen LogP contribution in [0.15, 0.2) is 23.1 Å². The number of nitrogens with two attached hydrogens (primary N) is 1. The highest BCUT2D eigenvalue weighted by Gasteiger charge is 2.27. The van der Waals surface area contributed by atoms with Crippen molar-refractivity contribution in [1.82, 2.24) is 4.31 Å². The molecule has 0 heterocycles. The lowest BCUT2D eigenvalue weighted by atomic mass is 10.3. The van der Waals surface area contributed by atoms with Crippen molar-refractivity contribution >= 4 is 39.1 Å². The molecule has 7 heteroatoms. The standard InChI is InChI=1S/C12H19ClN2O2S2/c1-9(6-7-18-3)15(2)19(16,17)12-8-10(14)4-5-11(12)13/h4-5,8-9H,6-7,14H2,1-3H3. The van der Waals surface area contributed by atoms with Crippen molar-refractivity contribution in [3.63, 3.8) is 0 Å². The summed E-state index contributed by atoms with van der Waals surface area (Å²) in [5.41, 5.74) is 6.02. The lowest BCUT2D eigenvalue weighted by Crippen LogP contribution is -2.35. The van der Waals surface area contributed by atoms with E-state index in [2.05, 4.69) is 0 Å². The molecule has 4 nitrogen and oxygen atoms in total. The molecule has 0 saturated carbocycles. The molecule has 1 atom stereocenters. The van der Waals surface area contributed by atoms with E-state index in [9.17, 15) is 8.42 Å². The third-order valence-corrected chi connectivity index (χ3v) is 6.07. The largest absolute Gasteiger partial charge is 0.399 e. The summed E-state index contributed by atoms with van der Waals surface area (Å²) in [5, 5.41) is 0.193. The lowest BCUT2D eigenvalue weighted by molar-refractivity contribution is 0.382. The second-order valence-corrected chi connectivity index (χ2v) is 7.70. The highest BCUT2D eigenvalue weighted by Crippen LogP contribution is 2.27. The van der Waals surface area contributed by atoms with Crippen LogP contribution in [0.5, 0.6) is 0 Å². The van der Waals surface area contributed by atoms with Crippen LogP contribution < -0.4 is 5.73 Å². The van der Waals surface area contributed by atoms with Gasteiger partial charge in [-0.2, -0.15) is 16.1 Å². The summed E-state index contributed by atoms with van der Waals surface area (Å²) >= 11 is 7.66. The van der Waals surface area contributed by atoms with E-state index in [0.29, 0.717) is 5.69 Å². The van der Waals surface area contributed by atoms with Crippen LogP contribution >= 0.6 is 23.4 Å². The molecule has 1 aromatic carbocycles. The Hall–Kier alpha value is -0.430. The Kier molecular flexibility index (Phi) is 5.98. The maximum Gasteiger partial charge on any atom is 0.244 e. The zero-order chi connectivity index (χ0) is 14.6. The van der Waals surface area contributed by atoms with Crippen LogP contribution in [0.2, 0.25) is 5.02 Å². The summed E-state index contributed by atoms with van der Waals surface area (Å²) in [7, 11) is -2.04. The van der Waals surface area contributed by atoms with Gasteiger partial charge in [0.15, 0.2) is 0 Å². The van der Waals surface area contributed by atoms with Crippen LogP contribution in [-0.2, 0) is 10.0 Å². The molecular formula is C12H19ClN2O2S2. The Bertz CT molecular complexity index is 535. The molecule has 0 saturated heterocycles. The van der Waals surface area contributed by atoms with E-state index in [0.717, 1.165) is 12.2 Å². The minimum Gasteiger partial charge on any atom is -0.399 e. The number of nitrogens with zero attached hydrogens (tertiary/aromatic N) is 1. The lowest BCUT2D eigenvalue weighted by Gasteiger charge is -2.24. The first-order valence-corrected chi connectivity index (χ1v) is 9.04. The minimum atomic E-state index is -3.61. The molecule has 1 rings (SSSR count). The van der Waals surface area contributed by atoms with E-state index in [-0.39, 0.29) is 16.0 Å². The number of hydrogen-bond donors (Lipinski definition) is 1. The summed E-state index contributed by atoms with van der Waals surface area (Å²) in [5.74, 6) is 0.908. The number of benzene rings is 1. The van der Waals surface area contributed by atoms with Crippen LogP contribution in [0, 0.1) is 0 Å². The predicted molar refractivity (Wildman–Crippen MR) is 83.3 cm³/mol. The molecule has 0 spiro atoms. The van der Waals surface area contributed by atoms with Crippen molar-refractivity contribution in [3.05, 3.63) is 23.2 Å². The van der Waals surface area contributed by atoms with Gasteiger partial charge in [-0.25, -0.2) is 8.42 Å². The van der Waals surface area contributed by atoms with Crippen molar-refractivity contribution in [2.24, 2.45) is 0 Å². The van der Waals surface area contributed by atoms with Gasteiger partial charge in [-0.15, -0.1) is 0 Å². The van der Waals surface area contributed by atoms with Gasteiger partial charge >= 0.3 is 0 Å². The highest BCUT2D eigenvalue weighted by atomic mass is 35.5. The number of sulfonamides is 1. The van der Waals surface area contributed by atoms with Crippen molar-refractivity contribution in [3.8, 4) is 0 Å². The zero-order valence-electron chi connectivity index (χ0n) is 11.3. The van der Waals surface area contributed by atoms with Crippen molar-refractivity contribution in [2.75, 3.05) is 24.8 Å². The molecule has 0 fully saturated rings. The van der Waals surface area contributed by atoms with Gasteiger partial charge in [-0.05, 0) is 43.6 Å². The van der Waals surface area contributed by atoms with Crippen molar-refractivity contribution in [1.29, 1.82) is 0 Å². The number of nitrogen functional groups attached to an aromatic ring is 1. The number of hydrogen-bond acceptors (Lipinski definition) is 4. The fraction of sp³-hybridized carbons (Fsp3) is 0.500. The van der Waals surface area contributed by atoms with Gasteiger partial charge in [-0.3, -0.25) is 0 Å². The summed E-state index contributed by atoms with van der Waals surface area (Å²) in [4.78, 5) is 0.0627. The zero-order valence-corrected chi connectivity index (χ0v) is 13.6. The maximum atomic E-state index is 12.5. The molecule has 1 aromatic rings. The Morgan fingerprint density at radius 2 is 2.11 bits per heavy atom. The second kappa shape index (κ2) is 6.83. The predicted octanol–water partition coefficient (Wildman–Crippen LogP) is 2.68. The average molecular weight is 323 g/mol. The van der Waals surface area contributed by atoms with E-state index in [1.165, 1.54) is 16.4 Å². The quantitative estimate of drug-likeness (QED) is 0.818. The van der Waals surface area contributed by atoms with E-state index in [1.807, 2.05) is 13.2 Å². The first-order chi connectivity index (χ1) is 8.80. The minimum absolute atomic E-state index is 0.0627. The SMILES string of the molecule is CSCCC(C)N(C)S(=O)(=O)c1cc(N)ccc1Cl. The topological polar surface area (TPSA) is 63.4 Å². The van der Waals surface area contributed by atoms with E-state index in [1.54, 1.807) is 24.9 Å². The number of halogens is 1. The van der Waals surface area contributed by atoms with Crippen LogP contribution in [-0.4, -0.2) is 37.8 Å². The first-order valence-electron chi connectivity index (χ1n) is 5.82. The van der Waals surface area contributed by atoms with E-state index in [4.69, 9.17) is 17.3 Å². The Morgan fingerprint density at radius 1 is 1.47 bits per heavy atom. The maximum absolute atomic E-state index is 12.5. The molecule has 108 valence electrons. The molecule has 0 amide bonds. The molecule has 2 N–H and O–H groups in total. The fourth-order valence-corrected chi connectivity index (χ4v) is 4.06. The Labute approximate surface area is 124 Å². The van der Waals surface area contributed by atoms with Crippen LogP contribution in [0.25, 0.3) is 0 Å². The molecule has 0 aliphatic carbocycles. The van der Waals surface area contributed by atoms with Gasteiger partial charge in [0.05, 0.1) is 5.02 Å². The third-order valence-electron chi connectivity index (χ3n) is 2.97. The van der Waals surface area contributed by atoms with Crippen LogP contribution in [0.3, 0.4) is 0 Å². The summed E-state index contributed by atoms with van der Waals surface area (Å²) < 4.78 is 26.3. The molecule has 0 aliphatic heterocycles. The van der Waals surface area contributed by atoms with Gasteiger partial charge in [0.1, 0.15) is 4.90 Å². The molecule has 0 aromatic heterocycles. The highest BCUT2D eigenvalue weighted by molar-refractivity contribution is 7.98. The number of rotatable bonds is 6. The molecule has 19 heavy (non-hydrogen) atoms. The Morgan fingerprint density at radius 3 is 2.68 bits per heavy atom. The molecule has 0 aliphatic rings. The van der Waals surface area contributed by atoms with Crippen molar-refractivity contribution in [2.45, 2.75) is 24.3 Å². The van der Waals surface area contributed by atoms with Gasteiger partial charge in [0.25, 0.3) is 0 Å². The van der Waals surface area contributed by atoms with Gasteiger partial charge < -0.3 is 5.73 Å². The summed E-state index contributed by atoms with van der Waals surface area (Å²) in [6.07, 6.45) is 2.78. The van der Waals surface area contributed by atoms with Gasteiger partial charge in [0, 0.05) is 18.8 Å². The third kappa shape index (κ3) is 4.02. The van der Waals surface area contributed by atoms with E-state index >= 15 is 0 Å². The normalized spacial score (nSPS) is 13.7. The number of anilines is 1. The second-order valence-electron chi connectivity index (χ2n) is 4.34. The fourth-order valence-electron chi connectivity index (χ4n) is 1.58. The smallest absolute Gasteiger partial charge is 0.244 e. The monoisotopic (exact) mass is 322 g/mol. The number of thioether (sulfide) groups is 1. The van der Waals surface area contributed by atoms with Crippen LogP contribution in [0.4, 0.5) is 5.69 Å². The average Bonchev–Trinajstić information content (AvgIpc) is 2.37. The first kappa shape index (κ1) is 16.6. The summed E-state index contributed by atoms with van der Waals surface area (Å²) in [6.45, 7) is 1.88. The van der Waals surface area contributed by atoms with Crippen LogP contribution in [0.1, 0.15) is 13.3 Å². The molecule has 0 radical (unpaired) electrons.